The second-order valence-electron chi connectivity index (χ2n) is 9.89. The number of nitrogens with zero attached hydrogens (tertiary/aromatic N) is 1. The van der Waals surface area contributed by atoms with Gasteiger partial charge in [0.25, 0.3) is 0 Å². The van der Waals surface area contributed by atoms with Gasteiger partial charge < -0.3 is 25.4 Å². The van der Waals surface area contributed by atoms with Crippen molar-refractivity contribution in [3.05, 3.63) is 0 Å². The highest BCUT2D eigenvalue weighted by atomic mass is 127. The first kappa shape index (κ1) is 23.5. The van der Waals surface area contributed by atoms with Crippen molar-refractivity contribution in [1.29, 1.82) is 0 Å². The Morgan fingerprint density at radius 1 is 1.25 bits per heavy atom. The van der Waals surface area contributed by atoms with E-state index in [9.17, 15) is 4.79 Å². The van der Waals surface area contributed by atoms with Crippen molar-refractivity contribution in [1.82, 2.24) is 16.0 Å². The number of carbonyl (C=O) groups excluding carboxylic acids is 1. The molecular formula is C20H37IN4O3. The molecule has 0 aromatic rings. The monoisotopic (exact) mass is 508 g/mol. The fraction of sp³-hybridized carbons (Fsp3) is 0.900. The van der Waals surface area contributed by atoms with Gasteiger partial charge in [-0.2, -0.15) is 0 Å². The molecule has 1 spiro atoms. The smallest absolute Gasteiger partial charge is 0.408 e. The molecule has 0 aromatic heterocycles. The fourth-order valence-corrected chi connectivity index (χ4v) is 4.73. The maximum absolute atomic E-state index is 12.1. The lowest BCUT2D eigenvalue weighted by Crippen LogP contribution is -2.72. The van der Waals surface area contributed by atoms with Crippen molar-refractivity contribution in [3.8, 4) is 0 Å². The highest BCUT2D eigenvalue weighted by molar-refractivity contribution is 14.0. The number of hydrogen-bond donors (Lipinski definition) is 3. The summed E-state index contributed by atoms with van der Waals surface area (Å²) in [6.45, 7) is 10.9. The quantitative estimate of drug-likeness (QED) is 0.309. The molecule has 0 bridgehead atoms. The van der Waals surface area contributed by atoms with Crippen LogP contribution in [0.25, 0.3) is 0 Å². The van der Waals surface area contributed by atoms with E-state index in [0.29, 0.717) is 30.0 Å². The van der Waals surface area contributed by atoms with Crippen LogP contribution in [0.3, 0.4) is 0 Å². The molecule has 3 aliphatic rings. The van der Waals surface area contributed by atoms with E-state index in [1.165, 1.54) is 19.3 Å². The highest BCUT2D eigenvalue weighted by Crippen LogP contribution is 2.62. The zero-order valence-corrected chi connectivity index (χ0v) is 20.4. The number of alkyl carbamates (subject to hydrolysis) is 1. The highest BCUT2D eigenvalue weighted by Gasteiger charge is 2.66. The molecule has 8 heteroatoms. The minimum absolute atomic E-state index is 0. The summed E-state index contributed by atoms with van der Waals surface area (Å²) in [5.74, 6) is 1.38. The Morgan fingerprint density at radius 3 is 2.46 bits per heavy atom. The average molecular weight is 508 g/mol. The van der Waals surface area contributed by atoms with Gasteiger partial charge in [0.15, 0.2) is 5.96 Å². The molecule has 1 saturated heterocycles. The minimum Gasteiger partial charge on any atom is -0.444 e. The maximum Gasteiger partial charge on any atom is 0.408 e. The number of rotatable bonds is 4. The first-order valence-electron chi connectivity index (χ1n) is 10.2. The molecule has 1 heterocycles. The Balaban J connectivity index is 0.00000280. The third-order valence-electron chi connectivity index (χ3n) is 6.09. The Labute approximate surface area is 186 Å². The molecule has 1 amide bonds. The van der Waals surface area contributed by atoms with Gasteiger partial charge in [0, 0.05) is 37.6 Å². The standard InChI is InChI=1S/C20H36N4O3.HI/c1-18(2,3)27-17(25)24-19(4,5)12-22-16(21-6)23-14-13-8-11-26-15(13)20(14)9-7-10-20;/h13-15H,7-12H2,1-6H3,(H,24,25)(H2,21,22,23);1H. The third-order valence-corrected chi connectivity index (χ3v) is 6.09. The molecule has 0 radical (unpaired) electrons. The molecule has 3 unspecified atom stereocenters. The number of guanidine groups is 1. The van der Waals surface area contributed by atoms with Gasteiger partial charge in [-0.05, 0) is 53.9 Å². The van der Waals surface area contributed by atoms with Crippen LogP contribution in [0, 0.1) is 11.3 Å². The summed E-state index contributed by atoms with van der Waals surface area (Å²) in [7, 11) is 1.79. The van der Waals surface area contributed by atoms with Crippen LogP contribution in [0.15, 0.2) is 4.99 Å². The second kappa shape index (κ2) is 8.53. The lowest BCUT2D eigenvalue weighted by molar-refractivity contribution is -0.171. The molecule has 1 aliphatic heterocycles. The van der Waals surface area contributed by atoms with Gasteiger partial charge in [-0.15, -0.1) is 24.0 Å². The number of amides is 1. The molecule has 7 nitrogen and oxygen atoms in total. The molecule has 2 aliphatic carbocycles. The molecule has 2 saturated carbocycles. The molecule has 162 valence electrons. The summed E-state index contributed by atoms with van der Waals surface area (Å²) in [5, 5.41) is 9.94. The number of carbonyl (C=O) groups is 1. The van der Waals surface area contributed by atoms with Gasteiger partial charge in [-0.1, -0.05) is 6.42 Å². The van der Waals surface area contributed by atoms with Crippen molar-refractivity contribution in [3.63, 3.8) is 0 Å². The lowest BCUT2D eigenvalue weighted by Gasteiger charge is -2.63. The average Bonchev–Trinajstić information content (AvgIpc) is 2.88. The van der Waals surface area contributed by atoms with Gasteiger partial charge in [0.2, 0.25) is 0 Å². The van der Waals surface area contributed by atoms with E-state index < -0.39 is 17.2 Å². The maximum atomic E-state index is 12.1. The summed E-state index contributed by atoms with van der Waals surface area (Å²) in [6.07, 6.45) is 4.95. The zero-order chi connectivity index (χ0) is 19.9. The number of aliphatic imine (C=N–C) groups is 1. The van der Waals surface area contributed by atoms with Crippen molar-refractivity contribution < 1.29 is 14.3 Å². The first-order valence-corrected chi connectivity index (χ1v) is 10.2. The molecule has 3 N–H and O–H groups in total. The predicted octanol–water partition coefficient (Wildman–Crippen LogP) is 3.03. The van der Waals surface area contributed by atoms with Crippen LogP contribution in [0.4, 0.5) is 4.79 Å². The Bertz CT molecular complexity index is 599. The predicted molar refractivity (Wildman–Crippen MR) is 121 cm³/mol. The molecule has 3 fully saturated rings. The van der Waals surface area contributed by atoms with E-state index in [0.717, 1.165) is 19.0 Å². The van der Waals surface area contributed by atoms with E-state index in [-0.39, 0.29) is 24.0 Å². The van der Waals surface area contributed by atoms with Crippen molar-refractivity contribution >= 4 is 36.0 Å². The third kappa shape index (κ3) is 4.86. The lowest BCUT2D eigenvalue weighted by atomic mass is 9.46. The molecule has 0 aromatic carbocycles. The minimum atomic E-state index is -0.508. The van der Waals surface area contributed by atoms with E-state index in [1.807, 2.05) is 34.6 Å². The van der Waals surface area contributed by atoms with Gasteiger partial charge in [-0.25, -0.2) is 4.79 Å². The zero-order valence-electron chi connectivity index (χ0n) is 18.1. The van der Waals surface area contributed by atoms with Crippen molar-refractivity contribution in [2.45, 2.75) is 83.6 Å². The number of nitrogens with one attached hydrogen (secondary N) is 3. The number of hydrogen-bond acceptors (Lipinski definition) is 4. The van der Waals surface area contributed by atoms with Crippen molar-refractivity contribution in [2.24, 2.45) is 16.3 Å². The molecular weight excluding hydrogens is 471 g/mol. The van der Waals surface area contributed by atoms with Gasteiger partial charge >= 0.3 is 6.09 Å². The number of halogens is 1. The van der Waals surface area contributed by atoms with Gasteiger partial charge in [0.1, 0.15) is 5.60 Å². The number of ether oxygens (including phenoxy) is 2. The SMILES string of the molecule is CN=C(NCC(C)(C)NC(=O)OC(C)(C)C)NC1C2CCOC2C12CCC2.I. The van der Waals surface area contributed by atoms with Crippen LogP contribution in [-0.4, -0.2) is 55.5 Å². The molecule has 3 rings (SSSR count). The van der Waals surface area contributed by atoms with E-state index >= 15 is 0 Å². The van der Waals surface area contributed by atoms with Gasteiger partial charge in [-0.3, -0.25) is 4.99 Å². The normalized spacial score (nSPS) is 28.4. The van der Waals surface area contributed by atoms with E-state index in [2.05, 4.69) is 20.9 Å². The molecule has 3 atom stereocenters. The summed E-state index contributed by atoms with van der Waals surface area (Å²) >= 11 is 0. The summed E-state index contributed by atoms with van der Waals surface area (Å²) in [5.41, 5.74) is -0.664. The first-order chi connectivity index (χ1) is 12.6. The molecule has 28 heavy (non-hydrogen) atoms. The number of fused-ring (bicyclic) bond motifs is 2. The second-order valence-corrected chi connectivity index (χ2v) is 9.89. The van der Waals surface area contributed by atoms with Crippen LogP contribution in [-0.2, 0) is 9.47 Å². The summed E-state index contributed by atoms with van der Waals surface area (Å²) in [4.78, 5) is 16.5. The summed E-state index contributed by atoms with van der Waals surface area (Å²) in [6, 6.07) is 0.437. The Morgan fingerprint density at radius 2 is 1.93 bits per heavy atom. The fourth-order valence-electron chi connectivity index (χ4n) is 4.73. The summed E-state index contributed by atoms with van der Waals surface area (Å²) < 4.78 is 11.3. The van der Waals surface area contributed by atoms with E-state index in [1.54, 1.807) is 7.05 Å². The van der Waals surface area contributed by atoms with Crippen LogP contribution in [0.1, 0.15) is 60.3 Å². The van der Waals surface area contributed by atoms with Crippen molar-refractivity contribution in [2.75, 3.05) is 20.2 Å². The van der Waals surface area contributed by atoms with E-state index in [4.69, 9.17) is 9.47 Å². The Kier molecular flexibility index (Phi) is 7.17. The van der Waals surface area contributed by atoms with Crippen LogP contribution >= 0.6 is 24.0 Å². The van der Waals surface area contributed by atoms with Crippen LogP contribution in [0.2, 0.25) is 0 Å². The largest absolute Gasteiger partial charge is 0.444 e. The van der Waals surface area contributed by atoms with Crippen LogP contribution < -0.4 is 16.0 Å². The van der Waals surface area contributed by atoms with Crippen LogP contribution in [0.5, 0.6) is 0 Å². The topological polar surface area (TPSA) is 84.0 Å². The van der Waals surface area contributed by atoms with Gasteiger partial charge in [0.05, 0.1) is 11.6 Å². The Hall–Kier alpha value is -0.770.